The van der Waals surface area contributed by atoms with Crippen molar-refractivity contribution >= 4 is 5.69 Å². The van der Waals surface area contributed by atoms with Gasteiger partial charge in [0, 0.05) is 11.7 Å². The molecule has 0 aliphatic carbocycles. The fourth-order valence-electron chi connectivity index (χ4n) is 1.95. The Hall–Kier alpha value is -2.16. The Bertz CT molecular complexity index is 549. The number of nitrogens with one attached hydrogen (secondary N) is 1. The summed E-state index contributed by atoms with van der Waals surface area (Å²) in [5.74, 6) is 0.656. The van der Waals surface area contributed by atoms with Crippen molar-refractivity contribution in [1.29, 1.82) is 0 Å². The van der Waals surface area contributed by atoms with E-state index in [4.69, 9.17) is 4.74 Å². The fraction of sp³-hybridized carbons (Fsp3) is 0.250. The first-order valence-electron chi connectivity index (χ1n) is 6.30. The minimum Gasteiger partial charge on any atom is -0.504 e. The van der Waals surface area contributed by atoms with Crippen molar-refractivity contribution in [3.8, 4) is 11.5 Å². The summed E-state index contributed by atoms with van der Waals surface area (Å²) in [7, 11) is 1.55. The molecule has 3 heteroatoms. The van der Waals surface area contributed by atoms with Crippen LogP contribution in [-0.2, 0) is 0 Å². The molecule has 2 N–H and O–H groups in total. The molecule has 0 fully saturated rings. The van der Waals surface area contributed by atoms with E-state index in [1.165, 1.54) is 5.56 Å². The molecule has 0 amide bonds. The zero-order chi connectivity index (χ0) is 13.8. The number of anilines is 1. The second-order valence-corrected chi connectivity index (χ2v) is 4.66. The van der Waals surface area contributed by atoms with Crippen LogP contribution in [0.1, 0.15) is 24.1 Å². The van der Waals surface area contributed by atoms with Crippen molar-refractivity contribution in [3.05, 3.63) is 53.6 Å². The van der Waals surface area contributed by atoms with Crippen LogP contribution in [0.25, 0.3) is 0 Å². The number of aryl methyl sites for hydroxylation is 1. The van der Waals surface area contributed by atoms with Gasteiger partial charge in [-0.15, -0.1) is 0 Å². The lowest BCUT2D eigenvalue weighted by molar-refractivity contribution is 0.373. The minimum absolute atomic E-state index is 0.136. The molecule has 2 aromatic rings. The third-order valence-corrected chi connectivity index (χ3v) is 3.14. The number of benzene rings is 2. The van der Waals surface area contributed by atoms with Crippen molar-refractivity contribution in [2.75, 3.05) is 12.4 Å². The summed E-state index contributed by atoms with van der Waals surface area (Å²) in [6.07, 6.45) is 0. The van der Waals surface area contributed by atoms with Gasteiger partial charge in [0.05, 0.1) is 7.11 Å². The van der Waals surface area contributed by atoms with E-state index in [1.807, 2.05) is 12.1 Å². The number of hydrogen-bond acceptors (Lipinski definition) is 3. The van der Waals surface area contributed by atoms with Crippen molar-refractivity contribution in [2.45, 2.75) is 19.9 Å². The Labute approximate surface area is 113 Å². The number of aromatic hydroxyl groups is 1. The van der Waals surface area contributed by atoms with E-state index >= 15 is 0 Å². The monoisotopic (exact) mass is 257 g/mol. The lowest BCUT2D eigenvalue weighted by atomic mass is 10.1. The van der Waals surface area contributed by atoms with Crippen LogP contribution in [0.4, 0.5) is 5.69 Å². The third-order valence-electron chi connectivity index (χ3n) is 3.14. The van der Waals surface area contributed by atoms with E-state index in [2.05, 4.69) is 43.4 Å². The average Bonchev–Trinajstić information content (AvgIpc) is 2.42. The first-order valence-corrected chi connectivity index (χ1v) is 6.30. The van der Waals surface area contributed by atoms with E-state index < -0.39 is 0 Å². The highest BCUT2D eigenvalue weighted by molar-refractivity contribution is 5.48. The van der Waals surface area contributed by atoms with E-state index in [1.54, 1.807) is 13.2 Å². The molecular formula is C16H19NO2. The summed E-state index contributed by atoms with van der Waals surface area (Å²) in [6, 6.07) is 13.8. The maximum absolute atomic E-state index is 9.59. The van der Waals surface area contributed by atoms with Gasteiger partial charge in [-0.25, -0.2) is 0 Å². The van der Waals surface area contributed by atoms with Crippen LogP contribution < -0.4 is 10.1 Å². The SMILES string of the molecule is COc1cc(C(C)Nc2ccc(C)cc2)ccc1O. The Morgan fingerprint density at radius 1 is 1.11 bits per heavy atom. The van der Waals surface area contributed by atoms with Crippen LogP contribution in [0, 0.1) is 6.92 Å². The molecule has 0 heterocycles. The van der Waals surface area contributed by atoms with Gasteiger partial charge in [-0.2, -0.15) is 0 Å². The summed E-state index contributed by atoms with van der Waals surface area (Å²) in [5, 5.41) is 13.0. The molecule has 0 saturated heterocycles. The van der Waals surface area contributed by atoms with Crippen LogP contribution in [0.15, 0.2) is 42.5 Å². The Balaban J connectivity index is 2.15. The molecule has 19 heavy (non-hydrogen) atoms. The van der Waals surface area contributed by atoms with E-state index in [0.29, 0.717) is 5.75 Å². The molecule has 0 radical (unpaired) electrons. The van der Waals surface area contributed by atoms with Crippen LogP contribution in [0.2, 0.25) is 0 Å². The molecule has 2 rings (SSSR count). The number of methoxy groups -OCH3 is 1. The van der Waals surface area contributed by atoms with Crippen molar-refractivity contribution < 1.29 is 9.84 Å². The zero-order valence-corrected chi connectivity index (χ0v) is 11.5. The highest BCUT2D eigenvalue weighted by atomic mass is 16.5. The van der Waals surface area contributed by atoms with Gasteiger partial charge in [-0.05, 0) is 43.7 Å². The summed E-state index contributed by atoms with van der Waals surface area (Å²) in [5.41, 5.74) is 3.38. The van der Waals surface area contributed by atoms with Crippen LogP contribution in [0.3, 0.4) is 0 Å². The molecule has 2 aromatic carbocycles. The molecule has 3 nitrogen and oxygen atoms in total. The number of phenolic OH excluding ortho intramolecular Hbond substituents is 1. The van der Waals surface area contributed by atoms with Crippen molar-refractivity contribution in [3.63, 3.8) is 0 Å². The van der Waals surface area contributed by atoms with Gasteiger partial charge in [0.25, 0.3) is 0 Å². The van der Waals surface area contributed by atoms with Gasteiger partial charge in [0.1, 0.15) is 0 Å². The summed E-state index contributed by atoms with van der Waals surface area (Å²) in [6.45, 7) is 4.14. The second-order valence-electron chi connectivity index (χ2n) is 4.66. The topological polar surface area (TPSA) is 41.5 Å². The largest absolute Gasteiger partial charge is 0.504 e. The zero-order valence-electron chi connectivity index (χ0n) is 11.5. The van der Waals surface area contributed by atoms with Gasteiger partial charge in [-0.3, -0.25) is 0 Å². The van der Waals surface area contributed by atoms with Gasteiger partial charge >= 0.3 is 0 Å². The number of ether oxygens (including phenoxy) is 1. The Kier molecular flexibility index (Phi) is 3.95. The van der Waals surface area contributed by atoms with Gasteiger partial charge in [-0.1, -0.05) is 23.8 Å². The maximum Gasteiger partial charge on any atom is 0.160 e. The lowest BCUT2D eigenvalue weighted by Crippen LogP contribution is -2.06. The molecule has 0 aromatic heterocycles. The number of phenols is 1. The summed E-state index contributed by atoms with van der Waals surface area (Å²) < 4.78 is 5.12. The predicted octanol–water partition coefficient (Wildman–Crippen LogP) is 3.88. The summed E-state index contributed by atoms with van der Waals surface area (Å²) in [4.78, 5) is 0. The minimum atomic E-state index is 0.136. The molecule has 0 saturated carbocycles. The second kappa shape index (κ2) is 5.65. The fourth-order valence-corrected chi connectivity index (χ4v) is 1.95. The quantitative estimate of drug-likeness (QED) is 0.873. The molecule has 1 unspecified atom stereocenters. The normalized spacial score (nSPS) is 11.9. The summed E-state index contributed by atoms with van der Waals surface area (Å²) >= 11 is 0. The standard InChI is InChI=1S/C16H19NO2/c1-11-4-7-14(8-5-11)17-12(2)13-6-9-15(18)16(10-13)19-3/h4-10,12,17-18H,1-3H3. The Morgan fingerprint density at radius 3 is 2.42 bits per heavy atom. The van der Waals surface area contributed by atoms with Gasteiger partial charge < -0.3 is 15.2 Å². The first-order chi connectivity index (χ1) is 9.10. The van der Waals surface area contributed by atoms with Gasteiger partial charge in [0.2, 0.25) is 0 Å². The van der Waals surface area contributed by atoms with Crippen LogP contribution >= 0.6 is 0 Å². The van der Waals surface area contributed by atoms with E-state index in [-0.39, 0.29) is 11.8 Å². The van der Waals surface area contributed by atoms with E-state index in [0.717, 1.165) is 11.3 Å². The molecule has 0 aliphatic heterocycles. The highest BCUT2D eigenvalue weighted by Crippen LogP contribution is 2.30. The Morgan fingerprint density at radius 2 is 1.79 bits per heavy atom. The molecule has 100 valence electrons. The van der Waals surface area contributed by atoms with Crippen molar-refractivity contribution in [1.82, 2.24) is 0 Å². The molecular weight excluding hydrogens is 238 g/mol. The number of hydrogen-bond donors (Lipinski definition) is 2. The highest BCUT2D eigenvalue weighted by Gasteiger charge is 2.09. The van der Waals surface area contributed by atoms with Crippen LogP contribution in [0.5, 0.6) is 11.5 Å². The smallest absolute Gasteiger partial charge is 0.160 e. The maximum atomic E-state index is 9.59. The first kappa shape index (κ1) is 13.3. The average molecular weight is 257 g/mol. The van der Waals surface area contributed by atoms with Crippen molar-refractivity contribution in [2.24, 2.45) is 0 Å². The third kappa shape index (κ3) is 3.19. The molecule has 0 bridgehead atoms. The molecule has 1 atom stereocenters. The van der Waals surface area contributed by atoms with E-state index in [9.17, 15) is 5.11 Å². The molecule has 0 spiro atoms. The lowest BCUT2D eigenvalue weighted by Gasteiger charge is -2.17. The van der Waals surface area contributed by atoms with Crippen LogP contribution in [-0.4, -0.2) is 12.2 Å². The molecule has 0 aliphatic rings. The predicted molar refractivity (Wildman–Crippen MR) is 77.9 cm³/mol. The van der Waals surface area contributed by atoms with Gasteiger partial charge in [0.15, 0.2) is 11.5 Å². The number of rotatable bonds is 4.